The van der Waals surface area contributed by atoms with Crippen LogP contribution < -0.4 is 5.32 Å². The van der Waals surface area contributed by atoms with Crippen molar-refractivity contribution in [3.63, 3.8) is 0 Å². The van der Waals surface area contributed by atoms with Gasteiger partial charge in [0.15, 0.2) is 0 Å². The van der Waals surface area contributed by atoms with Crippen molar-refractivity contribution in [3.05, 3.63) is 44.2 Å². The van der Waals surface area contributed by atoms with Crippen molar-refractivity contribution in [2.45, 2.75) is 26.7 Å². The summed E-state index contributed by atoms with van der Waals surface area (Å²) in [7, 11) is 0. The van der Waals surface area contributed by atoms with Crippen LogP contribution >= 0.6 is 11.6 Å². The number of nitrogens with zero attached hydrogens (tertiary/aromatic N) is 2. The number of aromatic amines is 1. The lowest BCUT2D eigenvalue weighted by Gasteiger charge is -2.14. The highest BCUT2D eigenvalue weighted by Gasteiger charge is 2.25. The Kier molecular flexibility index (Phi) is 4.55. The molecule has 0 saturated heterocycles. The van der Waals surface area contributed by atoms with Gasteiger partial charge in [-0.3, -0.25) is 20.0 Å². The van der Waals surface area contributed by atoms with Gasteiger partial charge in [-0.1, -0.05) is 11.6 Å². The summed E-state index contributed by atoms with van der Waals surface area (Å²) in [6, 6.07) is 2.27. The van der Waals surface area contributed by atoms with Crippen molar-refractivity contribution in [2.75, 3.05) is 5.32 Å². The number of amides is 1. The maximum Gasteiger partial charge on any atom is 0.314 e. The fraction of sp³-hybridized carbons (Fsp3) is 0.286. The van der Waals surface area contributed by atoms with Crippen molar-refractivity contribution in [1.82, 2.24) is 10.2 Å². The molecule has 1 atom stereocenters. The van der Waals surface area contributed by atoms with Crippen LogP contribution in [-0.4, -0.2) is 26.1 Å². The Morgan fingerprint density at radius 2 is 2.13 bits per heavy atom. The van der Waals surface area contributed by atoms with Crippen LogP contribution in [0, 0.1) is 24.0 Å². The molecule has 3 N–H and O–H groups in total. The van der Waals surface area contributed by atoms with Gasteiger partial charge in [0, 0.05) is 22.3 Å². The second-order valence-corrected chi connectivity index (χ2v) is 5.57. The van der Waals surface area contributed by atoms with Gasteiger partial charge in [-0.25, -0.2) is 0 Å². The molecule has 1 aromatic carbocycles. The van der Waals surface area contributed by atoms with Crippen molar-refractivity contribution in [3.8, 4) is 5.75 Å². The van der Waals surface area contributed by atoms with Gasteiger partial charge in [0.05, 0.1) is 22.2 Å². The average Bonchev–Trinajstić information content (AvgIpc) is 2.80. The Labute approximate surface area is 136 Å². The standard InChI is InChI=1S/C14H15ClN4O4/c1-6(12-7(2)17-18-8(12)3)14(21)16-10-4-9(15)5-11(13(10)20)19(22)23/h4-6,20H,1-3H3,(H,16,21)(H,17,18)/t6-/m0/s1. The Bertz CT molecular complexity index is 768. The lowest BCUT2D eigenvalue weighted by atomic mass is 9.98. The molecule has 122 valence electrons. The largest absolute Gasteiger partial charge is 0.501 e. The lowest BCUT2D eigenvalue weighted by Crippen LogP contribution is -2.20. The molecule has 1 aromatic heterocycles. The summed E-state index contributed by atoms with van der Waals surface area (Å²) < 4.78 is 0. The second-order valence-electron chi connectivity index (χ2n) is 5.14. The maximum absolute atomic E-state index is 12.4. The van der Waals surface area contributed by atoms with E-state index in [9.17, 15) is 20.0 Å². The summed E-state index contributed by atoms with van der Waals surface area (Å²) in [4.78, 5) is 22.5. The number of rotatable bonds is 4. The van der Waals surface area contributed by atoms with Gasteiger partial charge in [0.2, 0.25) is 11.7 Å². The number of aromatic hydroxyl groups is 1. The van der Waals surface area contributed by atoms with Crippen LogP contribution in [0.25, 0.3) is 0 Å². The monoisotopic (exact) mass is 338 g/mol. The van der Waals surface area contributed by atoms with Crippen LogP contribution in [0.15, 0.2) is 12.1 Å². The SMILES string of the molecule is Cc1n[nH]c(C)c1[C@H](C)C(=O)Nc1cc(Cl)cc([N+](=O)[O-])c1O. The predicted molar refractivity (Wildman–Crippen MR) is 84.9 cm³/mol. The summed E-state index contributed by atoms with van der Waals surface area (Å²) >= 11 is 5.80. The maximum atomic E-state index is 12.4. The van der Waals surface area contributed by atoms with E-state index in [1.54, 1.807) is 20.8 Å². The van der Waals surface area contributed by atoms with Crippen molar-refractivity contribution >= 4 is 28.9 Å². The molecular weight excluding hydrogens is 324 g/mol. The van der Waals surface area contributed by atoms with Gasteiger partial charge in [-0.05, 0) is 26.8 Å². The second kappa shape index (κ2) is 6.25. The number of hydrogen-bond donors (Lipinski definition) is 3. The molecule has 2 rings (SSSR count). The number of aryl methyl sites for hydroxylation is 2. The van der Waals surface area contributed by atoms with Crippen LogP contribution in [0.5, 0.6) is 5.75 Å². The van der Waals surface area contributed by atoms with Gasteiger partial charge in [0.1, 0.15) is 0 Å². The Morgan fingerprint density at radius 1 is 1.48 bits per heavy atom. The first-order valence-corrected chi connectivity index (χ1v) is 7.09. The molecule has 0 saturated carbocycles. The number of nitrogens with one attached hydrogen (secondary N) is 2. The van der Waals surface area contributed by atoms with Crippen molar-refractivity contribution in [2.24, 2.45) is 0 Å². The molecule has 0 fully saturated rings. The molecule has 0 bridgehead atoms. The number of H-pyrrole nitrogens is 1. The lowest BCUT2D eigenvalue weighted by molar-refractivity contribution is -0.385. The quantitative estimate of drug-likeness (QED) is 0.449. The molecule has 0 unspecified atom stereocenters. The average molecular weight is 339 g/mol. The molecule has 2 aromatic rings. The molecule has 8 nitrogen and oxygen atoms in total. The summed E-state index contributed by atoms with van der Waals surface area (Å²) in [5.74, 6) is -1.64. The van der Waals surface area contributed by atoms with Crippen LogP contribution in [0.4, 0.5) is 11.4 Å². The Morgan fingerprint density at radius 3 is 2.65 bits per heavy atom. The summed E-state index contributed by atoms with van der Waals surface area (Å²) in [5, 5.41) is 30.1. The number of carbonyl (C=O) groups excluding carboxylic acids is 1. The third kappa shape index (κ3) is 3.26. The molecule has 0 aliphatic rings. The molecule has 0 spiro atoms. The molecule has 9 heteroatoms. The number of hydrogen-bond acceptors (Lipinski definition) is 5. The van der Waals surface area contributed by atoms with Gasteiger partial charge < -0.3 is 10.4 Å². The number of phenols is 1. The highest BCUT2D eigenvalue weighted by Crippen LogP contribution is 2.37. The smallest absolute Gasteiger partial charge is 0.314 e. The van der Waals surface area contributed by atoms with E-state index >= 15 is 0 Å². The van der Waals surface area contributed by atoms with E-state index in [1.165, 1.54) is 6.07 Å². The number of nitro groups is 1. The molecule has 1 heterocycles. The van der Waals surface area contributed by atoms with Gasteiger partial charge in [0.25, 0.3) is 0 Å². The first-order valence-electron chi connectivity index (χ1n) is 6.71. The van der Waals surface area contributed by atoms with Crippen LogP contribution in [-0.2, 0) is 4.79 Å². The molecule has 23 heavy (non-hydrogen) atoms. The molecular formula is C14H15ClN4O4. The van der Waals surface area contributed by atoms with E-state index in [2.05, 4.69) is 15.5 Å². The number of aromatic nitrogens is 2. The molecule has 1 amide bonds. The van der Waals surface area contributed by atoms with Gasteiger partial charge >= 0.3 is 5.69 Å². The molecule has 0 aliphatic carbocycles. The highest BCUT2D eigenvalue weighted by molar-refractivity contribution is 6.31. The minimum absolute atomic E-state index is 0.0353. The van der Waals surface area contributed by atoms with E-state index in [1.807, 2.05) is 0 Å². The van der Waals surface area contributed by atoms with E-state index in [-0.39, 0.29) is 10.7 Å². The number of nitro benzene ring substituents is 1. The number of benzene rings is 1. The fourth-order valence-electron chi connectivity index (χ4n) is 2.39. The minimum atomic E-state index is -0.773. The number of halogens is 1. The normalized spacial score (nSPS) is 12.0. The van der Waals surface area contributed by atoms with Crippen molar-refractivity contribution < 1.29 is 14.8 Å². The summed E-state index contributed by atoms with van der Waals surface area (Å²) in [6.07, 6.45) is 0. The Balaban J connectivity index is 2.32. The first kappa shape index (κ1) is 16.8. The zero-order chi connectivity index (χ0) is 17.3. The predicted octanol–water partition coefficient (Wildman–Crippen LogP) is 3.04. The van der Waals surface area contributed by atoms with E-state index < -0.39 is 28.2 Å². The third-order valence-electron chi connectivity index (χ3n) is 3.52. The highest BCUT2D eigenvalue weighted by atomic mass is 35.5. The number of anilines is 1. The van der Waals surface area contributed by atoms with Crippen LogP contribution in [0.3, 0.4) is 0 Å². The minimum Gasteiger partial charge on any atom is -0.501 e. The third-order valence-corrected chi connectivity index (χ3v) is 3.74. The first-order chi connectivity index (χ1) is 10.7. The number of phenolic OH excluding ortho intramolecular Hbond substituents is 1. The zero-order valence-corrected chi connectivity index (χ0v) is 13.4. The van der Waals surface area contributed by atoms with E-state index in [0.717, 1.165) is 17.3 Å². The summed E-state index contributed by atoms with van der Waals surface area (Å²) in [5.41, 5.74) is 1.49. The van der Waals surface area contributed by atoms with Crippen LogP contribution in [0.2, 0.25) is 5.02 Å². The van der Waals surface area contributed by atoms with Gasteiger partial charge in [-0.15, -0.1) is 0 Å². The van der Waals surface area contributed by atoms with Crippen LogP contribution in [0.1, 0.15) is 29.8 Å². The Hall–Kier alpha value is -2.61. The number of carbonyl (C=O) groups is 1. The fourth-order valence-corrected chi connectivity index (χ4v) is 2.60. The van der Waals surface area contributed by atoms with E-state index in [0.29, 0.717) is 5.69 Å². The zero-order valence-electron chi connectivity index (χ0n) is 12.7. The summed E-state index contributed by atoms with van der Waals surface area (Å²) in [6.45, 7) is 5.24. The van der Waals surface area contributed by atoms with Gasteiger partial charge in [-0.2, -0.15) is 5.10 Å². The van der Waals surface area contributed by atoms with E-state index in [4.69, 9.17) is 11.6 Å². The topological polar surface area (TPSA) is 121 Å². The van der Waals surface area contributed by atoms with Crippen molar-refractivity contribution in [1.29, 1.82) is 0 Å². The molecule has 0 aliphatic heterocycles. The molecule has 0 radical (unpaired) electrons.